The second-order valence-corrected chi connectivity index (χ2v) is 7.64. The van der Waals surface area contributed by atoms with E-state index >= 15 is 0 Å². The van der Waals surface area contributed by atoms with Crippen LogP contribution >= 0.6 is 0 Å². The predicted octanol–water partition coefficient (Wildman–Crippen LogP) is 5.55. The van der Waals surface area contributed by atoms with E-state index in [2.05, 4.69) is 27.7 Å². The summed E-state index contributed by atoms with van der Waals surface area (Å²) in [5.74, 6) is 2.69. The SMILES string of the molecule is CCC(C)C1CCC(OC(C)OC2CCC(C)CC2)CC1. The Bertz CT molecular complexity index is 275. The van der Waals surface area contributed by atoms with E-state index in [0.29, 0.717) is 12.2 Å². The van der Waals surface area contributed by atoms with E-state index in [0.717, 1.165) is 17.8 Å². The molecule has 2 rings (SSSR count). The summed E-state index contributed by atoms with van der Waals surface area (Å²) in [5, 5.41) is 0. The summed E-state index contributed by atoms with van der Waals surface area (Å²) in [7, 11) is 0. The Labute approximate surface area is 132 Å². The average Bonchev–Trinajstić information content (AvgIpc) is 2.49. The van der Waals surface area contributed by atoms with Gasteiger partial charge in [-0.1, -0.05) is 27.2 Å². The quantitative estimate of drug-likeness (QED) is 0.598. The van der Waals surface area contributed by atoms with Crippen LogP contribution in [0.4, 0.5) is 0 Å². The second-order valence-electron chi connectivity index (χ2n) is 7.64. The van der Waals surface area contributed by atoms with E-state index in [1.54, 1.807) is 0 Å². The molecule has 0 amide bonds. The first-order valence-electron chi connectivity index (χ1n) is 9.39. The van der Waals surface area contributed by atoms with Crippen molar-refractivity contribution in [2.75, 3.05) is 0 Å². The lowest BCUT2D eigenvalue weighted by atomic mass is 9.79. The Kier molecular flexibility index (Phi) is 7.01. The van der Waals surface area contributed by atoms with Crippen LogP contribution in [0.5, 0.6) is 0 Å². The lowest BCUT2D eigenvalue weighted by Gasteiger charge is -2.34. The molecule has 0 saturated heterocycles. The highest BCUT2D eigenvalue weighted by Crippen LogP contribution is 2.33. The second kappa shape index (κ2) is 8.53. The maximum atomic E-state index is 6.16. The maximum Gasteiger partial charge on any atom is 0.155 e. The van der Waals surface area contributed by atoms with Gasteiger partial charge in [-0.25, -0.2) is 0 Å². The van der Waals surface area contributed by atoms with Gasteiger partial charge in [-0.2, -0.15) is 0 Å². The number of ether oxygens (including phenoxy) is 2. The average molecular weight is 296 g/mol. The fourth-order valence-corrected chi connectivity index (χ4v) is 4.07. The third-order valence-corrected chi connectivity index (χ3v) is 5.90. The monoisotopic (exact) mass is 296 g/mol. The maximum absolute atomic E-state index is 6.16. The standard InChI is InChI=1S/C19H36O2/c1-5-15(3)17-8-12-19(13-9-17)21-16(4)20-18-10-6-14(2)7-11-18/h14-19H,5-13H2,1-4H3. The molecular weight excluding hydrogens is 260 g/mol. The van der Waals surface area contributed by atoms with Gasteiger partial charge in [-0.3, -0.25) is 0 Å². The van der Waals surface area contributed by atoms with Gasteiger partial charge in [0.25, 0.3) is 0 Å². The van der Waals surface area contributed by atoms with Gasteiger partial charge in [0.15, 0.2) is 6.29 Å². The summed E-state index contributed by atoms with van der Waals surface area (Å²) >= 11 is 0. The Morgan fingerprint density at radius 1 is 0.810 bits per heavy atom. The molecule has 124 valence electrons. The molecule has 2 aliphatic rings. The van der Waals surface area contributed by atoms with Crippen molar-refractivity contribution >= 4 is 0 Å². The first kappa shape index (κ1) is 17.3. The van der Waals surface area contributed by atoms with E-state index in [-0.39, 0.29) is 6.29 Å². The van der Waals surface area contributed by atoms with E-state index in [9.17, 15) is 0 Å². The van der Waals surface area contributed by atoms with Gasteiger partial charge < -0.3 is 9.47 Å². The van der Waals surface area contributed by atoms with Crippen LogP contribution in [0.25, 0.3) is 0 Å². The molecule has 0 radical (unpaired) electrons. The topological polar surface area (TPSA) is 18.5 Å². The fourth-order valence-electron chi connectivity index (χ4n) is 4.07. The normalized spacial score (nSPS) is 37.1. The van der Waals surface area contributed by atoms with Crippen molar-refractivity contribution in [3.63, 3.8) is 0 Å². The van der Waals surface area contributed by atoms with Crippen LogP contribution < -0.4 is 0 Å². The molecule has 0 aromatic rings. The van der Waals surface area contributed by atoms with Crippen molar-refractivity contribution in [1.29, 1.82) is 0 Å². The van der Waals surface area contributed by atoms with Crippen LogP contribution in [0.3, 0.4) is 0 Å². The predicted molar refractivity (Wildman–Crippen MR) is 88.3 cm³/mol. The zero-order chi connectivity index (χ0) is 15.2. The highest BCUT2D eigenvalue weighted by atomic mass is 16.7. The van der Waals surface area contributed by atoms with Crippen LogP contribution in [0.1, 0.15) is 85.5 Å². The van der Waals surface area contributed by atoms with Crippen molar-refractivity contribution in [2.24, 2.45) is 17.8 Å². The lowest BCUT2D eigenvalue weighted by Crippen LogP contribution is -2.32. The molecule has 2 heteroatoms. The van der Waals surface area contributed by atoms with Crippen molar-refractivity contribution < 1.29 is 9.47 Å². The Hall–Kier alpha value is -0.0800. The Morgan fingerprint density at radius 2 is 1.29 bits per heavy atom. The van der Waals surface area contributed by atoms with Crippen molar-refractivity contribution in [3.05, 3.63) is 0 Å². The molecule has 2 nitrogen and oxygen atoms in total. The minimum absolute atomic E-state index is 0.0199. The first-order chi connectivity index (χ1) is 10.1. The molecule has 2 atom stereocenters. The van der Waals surface area contributed by atoms with E-state index < -0.39 is 0 Å². The van der Waals surface area contributed by atoms with Gasteiger partial charge in [0.2, 0.25) is 0 Å². The summed E-state index contributed by atoms with van der Waals surface area (Å²) in [4.78, 5) is 0. The van der Waals surface area contributed by atoms with Crippen LogP contribution in [-0.2, 0) is 9.47 Å². The van der Waals surface area contributed by atoms with Gasteiger partial charge in [0.1, 0.15) is 0 Å². The van der Waals surface area contributed by atoms with Crippen LogP contribution in [-0.4, -0.2) is 18.5 Å². The summed E-state index contributed by atoms with van der Waals surface area (Å²) < 4.78 is 12.3. The van der Waals surface area contributed by atoms with Crippen molar-refractivity contribution in [1.82, 2.24) is 0 Å². The third-order valence-electron chi connectivity index (χ3n) is 5.90. The molecule has 0 bridgehead atoms. The summed E-state index contributed by atoms with van der Waals surface area (Å²) in [6.45, 7) is 9.17. The minimum atomic E-state index is -0.0199. The molecule has 0 heterocycles. The summed E-state index contributed by atoms with van der Waals surface area (Å²) in [5.41, 5.74) is 0. The summed E-state index contributed by atoms with van der Waals surface area (Å²) in [6, 6.07) is 0. The Morgan fingerprint density at radius 3 is 1.76 bits per heavy atom. The van der Waals surface area contributed by atoms with Crippen molar-refractivity contribution in [3.8, 4) is 0 Å². The van der Waals surface area contributed by atoms with E-state index in [1.165, 1.54) is 57.8 Å². The minimum Gasteiger partial charge on any atom is -0.350 e. The molecule has 0 aliphatic heterocycles. The highest BCUT2D eigenvalue weighted by molar-refractivity contribution is 4.76. The highest BCUT2D eigenvalue weighted by Gasteiger charge is 2.27. The molecule has 0 aromatic carbocycles. The van der Waals surface area contributed by atoms with Gasteiger partial charge in [-0.05, 0) is 76.0 Å². The van der Waals surface area contributed by atoms with E-state index in [4.69, 9.17) is 9.47 Å². The van der Waals surface area contributed by atoms with Gasteiger partial charge in [-0.15, -0.1) is 0 Å². The van der Waals surface area contributed by atoms with Crippen molar-refractivity contribution in [2.45, 2.75) is 104 Å². The molecule has 0 aromatic heterocycles. The van der Waals surface area contributed by atoms with Gasteiger partial charge in [0, 0.05) is 0 Å². The smallest absolute Gasteiger partial charge is 0.155 e. The fraction of sp³-hybridized carbons (Fsp3) is 1.00. The lowest BCUT2D eigenvalue weighted by molar-refractivity contribution is -0.197. The zero-order valence-electron chi connectivity index (χ0n) is 14.6. The molecule has 2 fully saturated rings. The van der Waals surface area contributed by atoms with Gasteiger partial charge >= 0.3 is 0 Å². The largest absolute Gasteiger partial charge is 0.350 e. The van der Waals surface area contributed by atoms with Crippen LogP contribution in [0.2, 0.25) is 0 Å². The first-order valence-corrected chi connectivity index (χ1v) is 9.39. The third kappa shape index (κ3) is 5.56. The summed E-state index contributed by atoms with van der Waals surface area (Å²) in [6.07, 6.45) is 12.4. The molecule has 0 N–H and O–H groups in total. The number of rotatable bonds is 6. The van der Waals surface area contributed by atoms with E-state index in [1.807, 2.05) is 0 Å². The Balaban J connectivity index is 1.64. The molecule has 2 unspecified atom stereocenters. The number of hydrogen-bond acceptors (Lipinski definition) is 2. The number of hydrogen-bond donors (Lipinski definition) is 0. The zero-order valence-corrected chi connectivity index (χ0v) is 14.6. The van der Waals surface area contributed by atoms with Gasteiger partial charge in [0.05, 0.1) is 12.2 Å². The molecule has 2 aliphatic carbocycles. The molecule has 0 spiro atoms. The molecular formula is C19H36O2. The van der Waals surface area contributed by atoms with Crippen LogP contribution in [0.15, 0.2) is 0 Å². The van der Waals surface area contributed by atoms with Crippen LogP contribution in [0, 0.1) is 17.8 Å². The molecule has 2 saturated carbocycles. The molecule has 21 heavy (non-hydrogen) atoms.